The molecule has 0 aliphatic rings. The predicted molar refractivity (Wildman–Crippen MR) is 75.6 cm³/mol. The predicted octanol–water partition coefficient (Wildman–Crippen LogP) is 3.33. The second-order valence-corrected chi connectivity index (χ2v) is 6.31. The van der Waals surface area contributed by atoms with Gasteiger partial charge in [0, 0.05) is 0 Å². The number of carbonyl (C=O) groups excluding carboxylic acids is 1. The van der Waals surface area contributed by atoms with E-state index < -0.39 is 17.7 Å². The Kier molecular flexibility index (Phi) is 8.65. The van der Waals surface area contributed by atoms with Crippen molar-refractivity contribution < 1.29 is 9.53 Å². The minimum Gasteiger partial charge on any atom is -0.444 e. The summed E-state index contributed by atoms with van der Waals surface area (Å²) in [6.07, 6.45) is 2.52. The fraction of sp³-hybridized carbons (Fsp3) is 0.846. The van der Waals surface area contributed by atoms with Gasteiger partial charge in [-0.25, -0.2) is 4.79 Å². The zero-order chi connectivity index (χ0) is 14.0. The standard InChI is InChI=1S/C13H24N2O2S/c1-5-6-8-18-9-7-11(10-14)15-12(16)17-13(2,3)4/h11H,5-9H2,1-4H3,(H,15,16)/t11-/m0/s1. The summed E-state index contributed by atoms with van der Waals surface area (Å²) in [5.41, 5.74) is -0.528. The Bertz CT molecular complexity index is 282. The molecule has 0 aromatic rings. The first-order valence-corrected chi connectivity index (χ1v) is 7.51. The number of hydrogen-bond acceptors (Lipinski definition) is 4. The van der Waals surface area contributed by atoms with Gasteiger partial charge in [0.25, 0.3) is 0 Å². The van der Waals surface area contributed by atoms with Gasteiger partial charge in [0.2, 0.25) is 0 Å². The van der Waals surface area contributed by atoms with E-state index in [-0.39, 0.29) is 0 Å². The number of nitrogens with zero attached hydrogens (tertiary/aromatic N) is 1. The molecular formula is C13H24N2O2S. The zero-order valence-electron chi connectivity index (χ0n) is 11.8. The van der Waals surface area contributed by atoms with E-state index in [0.717, 1.165) is 11.5 Å². The van der Waals surface area contributed by atoms with Crippen molar-refractivity contribution >= 4 is 17.9 Å². The Labute approximate surface area is 114 Å². The van der Waals surface area contributed by atoms with Gasteiger partial charge in [-0.1, -0.05) is 13.3 Å². The second kappa shape index (κ2) is 9.09. The fourth-order valence-electron chi connectivity index (χ4n) is 1.17. The molecule has 0 bridgehead atoms. The van der Waals surface area contributed by atoms with Crippen LogP contribution in [0.4, 0.5) is 4.79 Å². The highest BCUT2D eigenvalue weighted by molar-refractivity contribution is 7.99. The van der Waals surface area contributed by atoms with E-state index in [9.17, 15) is 4.79 Å². The minimum absolute atomic E-state index is 0.464. The van der Waals surface area contributed by atoms with Gasteiger partial charge >= 0.3 is 6.09 Å². The largest absolute Gasteiger partial charge is 0.444 e. The number of unbranched alkanes of at least 4 members (excludes halogenated alkanes) is 1. The van der Waals surface area contributed by atoms with Crippen molar-refractivity contribution in [3.8, 4) is 6.07 Å². The molecule has 0 aromatic carbocycles. The summed E-state index contributed by atoms with van der Waals surface area (Å²) in [7, 11) is 0. The molecule has 0 heterocycles. The molecule has 0 saturated heterocycles. The summed E-state index contributed by atoms with van der Waals surface area (Å²) in [6, 6.07) is 1.62. The molecule has 0 aromatic heterocycles. The molecule has 0 aliphatic heterocycles. The molecule has 0 rings (SSSR count). The van der Waals surface area contributed by atoms with E-state index in [1.807, 2.05) is 11.8 Å². The van der Waals surface area contributed by atoms with Crippen LogP contribution in [0.25, 0.3) is 0 Å². The molecule has 1 atom stereocenters. The number of amides is 1. The molecule has 4 nitrogen and oxygen atoms in total. The van der Waals surface area contributed by atoms with Crippen LogP contribution in [0.5, 0.6) is 0 Å². The minimum atomic E-state index is -0.528. The van der Waals surface area contributed by atoms with E-state index in [0.29, 0.717) is 6.42 Å². The van der Waals surface area contributed by atoms with Crippen molar-refractivity contribution in [2.45, 2.75) is 58.6 Å². The lowest BCUT2D eigenvalue weighted by Gasteiger charge is -2.21. The van der Waals surface area contributed by atoms with Crippen molar-refractivity contribution in [2.24, 2.45) is 0 Å². The smallest absolute Gasteiger partial charge is 0.408 e. The molecule has 0 spiro atoms. The maximum absolute atomic E-state index is 11.5. The van der Waals surface area contributed by atoms with E-state index in [2.05, 4.69) is 18.3 Å². The number of thioether (sulfide) groups is 1. The lowest BCUT2D eigenvalue weighted by molar-refractivity contribution is 0.0515. The van der Waals surface area contributed by atoms with E-state index in [1.165, 1.54) is 12.8 Å². The van der Waals surface area contributed by atoms with Gasteiger partial charge in [-0.2, -0.15) is 17.0 Å². The van der Waals surface area contributed by atoms with Gasteiger partial charge < -0.3 is 10.1 Å². The molecule has 0 unspecified atom stereocenters. The van der Waals surface area contributed by atoms with Crippen LogP contribution in [-0.4, -0.2) is 29.2 Å². The highest BCUT2D eigenvalue weighted by Crippen LogP contribution is 2.09. The van der Waals surface area contributed by atoms with E-state index in [4.69, 9.17) is 10.00 Å². The van der Waals surface area contributed by atoms with Crippen molar-refractivity contribution in [3.05, 3.63) is 0 Å². The van der Waals surface area contributed by atoms with Gasteiger partial charge in [0.15, 0.2) is 0 Å². The molecule has 0 aliphatic carbocycles. The molecule has 0 saturated carbocycles. The highest BCUT2D eigenvalue weighted by atomic mass is 32.2. The zero-order valence-corrected chi connectivity index (χ0v) is 12.6. The van der Waals surface area contributed by atoms with Crippen LogP contribution in [-0.2, 0) is 4.74 Å². The summed E-state index contributed by atoms with van der Waals surface area (Å²) < 4.78 is 5.11. The van der Waals surface area contributed by atoms with Gasteiger partial charge in [-0.05, 0) is 45.1 Å². The van der Waals surface area contributed by atoms with Gasteiger partial charge in [-0.15, -0.1) is 0 Å². The van der Waals surface area contributed by atoms with Crippen molar-refractivity contribution in [2.75, 3.05) is 11.5 Å². The third kappa shape index (κ3) is 10.3. The topological polar surface area (TPSA) is 62.1 Å². The number of alkyl carbamates (subject to hydrolysis) is 1. The molecule has 0 radical (unpaired) electrons. The van der Waals surface area contributed by atoms with Crippen molar-refractivity contribution in [1.82, 2.24) is 5.32 Å². The second-order valence-electron chi connectivity index (χ2n) is 5.08. The third-order valence-corrected chi connectivity index (χ3v) is 3.14. The molecular weight excluding hydrogens is 248 g/mol. The molecule has 0 fully saturated rings. The monoisotopic (exact) mass is 272 g/mol. The summed E-state index contributed by atoms with van der Waals surface area (Å²) in [4.78, 5) is 11.5. The lowest BCUT2D eigenvalue weighted by atomic mass is 10.2. The number of ether oxygens (including phenoxy) is 1. The number of nitrogens with one attached hydrogen (secondary N) is 1. The molecule has 1 N–H and O–H groups in total. The van der Waals surface area contributed by atoms with Gasteiger partial charge in [0.05, 0.1) is 6.07 Å². The Hall–Kier alpha value is -0.890. The van der Waals surface area contributed by atoms with Crippen LogP contribution < -0.4 is 5.32 Å². The van der Waals surface area contributed by atoms with E-state index in [1.54, 1.807) is 20.8 Å². The maximum atomic E-state index is 11.5. The van der Waals surface area contributed by atoms with Crippen molar-refractivity contribution in [1.29, 1.82) is 5.26 Å². The molecule has 1 amide bonds. The average Bonchev–Trinajstić information content (AvgIpc) is 2.24. The summed E-state index contributed by atoms with van der Waals surface area (Å²) in [5.74, 6) is 2.00. The number of hydrogen-bond donors (Lipinski definition) is 1. The first kappa shape index (κ1) is 17.1. The van der Waals surface area contributed by atoms with Crippen LogP contribution in [0.3, 0.4) is 0 Å². The first-order chi connectivity index (χ1) is 8.39. The van der Waals surface area contributed by atoms with E-state index >= 15 is 0 Å². The van der Waals surface area contributed by atoms with Gasteiger partial charge in [-0.3, -0.25) is 0 Å². The number of rotatable bonds is 7. The fourth-order valence-corrected chi connectivity index (χ4v) is 2.27. The van der Waals surface area contributed by atoms with Crippen molar-refractivity contribution in [3.63, 3.8) is 0 Å². The maximum Gasteiger partial charge on any atom is 0.408 e. The SMILES string of the molecule is CCCCSCC[C@@H](C#N)NC(=O)OC(C)(C)C. The average molecular weight is 272 g/mol. The summed E-state index contributed by atoms with van der Waals surface area (Å²) in [5, 5.41) is 11.5. The molecule has 18 heavy (non-hydrogen) atoms. The Morgan fingerprint density at radius 3 is 2.61 bits per heavy atom. The van der Waals surface area contributed by atoms with Gasteiger partial charge in [0.1, 0.15) is 11.6 Å². The van der Waals surface area contributed by atoms with Crippen LogP contribution >= 0.6 is 11.8 Å². The Morgan fingerprint density at radius 2 is 2.11 bits per heavy atom. The summed E-state index contributed by atoms with van der Waals surface area (Å²) >= 11 is 1.82. The Balaban J connectivity index is 3.83. The van der Waals surface area contributed by atoms with Crippen LogP contribution in [0.2, 0.25) is 0 Å². The van der Waals surface area contributed by atoms with Crippen LogP contribution in [0.15, 0.2) is 0 Å². The molecule has 5 heteroatoms. The first-order valence-electron chi connectivity index (χ1n) is 6.36. The van der Waals surface area contributed by atoms with Crippen LogP contribution in [0, 0.1) is 11.3 Å². The normalized spacial score (nSPS) is 12.6. The highest BCUT2D eigenvalue weighted by Gasteiger charge is 2.18. The quantitative estimate of drug-likeness (QED) is 0.722. The molecule has 104 valence electrons. The number of carbonyl (C=O) groups is 1. The van der Waals surface area contributed by atoms with Crippen LogP contribution in [0.1, 0.15) is 47.0 Å². The lowest BCUT2D eigenvalue weighted by Crippen LogP contribution is -2.38. The third-order valence-electron chi connectivity index (χ3n) is 2.04. The number of nitriles is 1. The summed E-state index contributed by atoms with van der Waals surface area (Å²) in [6.45, 7) is 7.56. The Morgan fingerprint density at radius 1 is 1.44 bits per heavy atom.